The van der Waals surface area contributed by atoms with Crippen molar-refractivity contribution in [3.8, 4) is 0 Å². The van der Waals surface area contributed by atoms with E-state index < -0.39 is 21.9 Å². The first kappa shape index (κ1) is 24.5. The topological polar surface area (TPSA) is 120 Å². The molecule has 37 heavy (non-hydrogen) atoms. The number of nitrogens with zero attached hydrogens (tertiary/aromatic N) is 7. The summed E-state index contributed by atoms with van der Waals surface area (Å²) in [6.45, 7) is 5.40. The third kappa shape index (κ3) is 4.79. The van der Waals surface area contributed by atoms with Crippen LogP contribution in [0.25, 0.3) is 11.0 Å². The van der Waals surface area contributed by atoms with Crippen LogP contribution in [0, 0.1) is 19.7 Å². The maximum atomic E-state index is 13.7. The lowest BCUT2D eigenvalue weighted by molar-refractivity contribution is 0.587. The van der Waals surface area contributed by atoms with E-state index in [1.807, 2.05) is 24.7 Å². The quantitative estimate of drug-likeness (QED) is 0.345. The van der Waals surface area contributed by atoms with E-state index in [2.05, 4.69) is 25.3 Å². The number of hydrogen-bond donors (Lipinski definition) is 1. The molecule has 0 radical (unpaired) electrons. The predicted octanol–water partition coefficient (Wildman–Crippen LogP) is 3.71. The zero-order chi connectivity index (χ0) is 26.3. The van der Waals surface area contributed by atoms with Crippen molar-refractivity contribution in [3.63, 3.8) is 0 Å². The molecule has 5 rings (SSSR count). The summed E-state index contributed by atoms with van der Waals surface area (Å²) in [4.78, 5) is 21.9. The van der Waals surface area contributed by atoms with Crippen molar-refractivity contribution in [2.24, 2.45) is 7.05 Å². The van der Waals surface area contributed by atoms with Gasteiger partial charge in [0.2, 0.25) is 5.95 Å². The van der Waals surface area contributed by atoms with Crippen molar-refractivity contribution in [1.82, 2.24) is 33.5 Å². The van der Waals surface area contributed by atoms with Gasteiger partial charge in [-0.15, -0.1) is 0 Å². The van der Waals surface area contributed by atoms with Gasteiger partial charge in [-0.1, -0.05) is 17.7 Å². The molecule has 10 nitrogen and oxygen atoms in total. The first-order valence-corrected chi connectivity index (χ1v) is 13.0. The number of imidazole rings is 1. The summed E-state index contributed by atoms with van der Waals surface area (Å²) >= 11 is 0. The molecule has 4 heterocycles. The van der Waals surface area contributed by atoms with Crippen molar-refractivity contribution in [1.29, 1.82) is 0 Å². The van der Waals surface area contributed by atoms with E-state index in [4.69, 9.17) is 4.98 Å². The highest BCUT2D eigenvalue weighted by Crippen LogP contribution is 2.29. The van der Waals surface area contributed by atoms with Gasteiger partial charge in [0, 0.05) is 30.7 Å². The van der Waals surface area contributed by atoms with Crippen LogP contribution >= 0.6 is 0 Å². The second-order valence-electron chi connectivity index (χ2n) is 8.93. The van der Waals surface area contributed by atoms with Crippen LogP contribution in [-0.4, -0.2) is 41.9 Å². The molecule has 0 amide bonds. The van der Waals surface area contributed by atoms with E-state index in [-0.39, 0.29) is 16.5 Å². The van der Waals surface area contributed by atoms with E-state index in [0.717, 1.165) is 23.7 Å². The van der Waals surface area contributed by atoms with E-state index in [0.29, 0.717) is 29.0 Å². The Bertz CT molecular complexity index is 1690. The van der Waals surface area contributed by atoms with Crippen LogP contribution in [0.15, 0.2) is 60.1 Å². The van der Waals surface area contributed by atoms with Crippen LogP contribution < -0.4 is 5.32 Å². The van der Waals surface area contributed by atoms with Crippen molar-refractivity contribution in [3.05, 3.63) is 89.5 Å². The fourth-order valence-electron chi connectivity index (χ4n) is 4.09. The van der Waals surface area contributed by atoms with Gasteiger partial charge >= 0.3 is 0 Å². The van der Waals surface area contributed by atoms with Gasteiger partial charge in [0.25, 0.3) is 10.0 Å². The maximum Gasteiger partial charge on any atom is 0.269 e. The molecule has 0 aliphatic heterocycles. The summed E-state index contributed by atoms with van der Waals surface area (Å²) < 4.78 is 43.8. The largest absolute Gasteiger partial charge is 0.344 e. The van der Waals surface area contributed by atoms with Crippen LogP contribution in [0.5, 0.6) is 0 Å². The summed E-state index contributed by atoms with van der Waals surface area (Å²) in [5, 5.41) is 3.74. The predicted molar refractivity (Wildman–Crippen MR) is 136 cm³/mol. The van der Waals surface area contributed by atoms with Crippen LogP contribution in [-0.2, 0) is 23.5 Å². The normalized spacial score (nSPS) is 12.7. The molecule has 0 spiro atoms. The summed E-state index contributed by atoms with van der Waals surface area (Å²) in [7, 11) is -2.07. The molecule has 4 aromatic heterocycles. The third-order valence-corrected chi connectivity index (χ3v) is 7.72. The average Bonchev–Trinajstić information content (AvgIpc) is 3.41. The zero-order valence-corrected chi connectivity index (χ0v) is 21.5. The molecule has 1 N–H and O–H groups in total. The Balaban J connectivity index is 1.65. The summed E-state index contributed by atoms with van der Waals surface area (Å²) in [6, 6.07) is 7.98. The number of halogens is 1. The van der Waals surface area contributed by atoms with Gasteiger partial charge in [-0.25, -0.2) is 36.7 Å². The van der Waals surface area contributed by atoms with Gasteiger partial charge in [0.1, 0.15) is 5.82 Å². The van der Waals surface area contributed by atoms with E-state index >= 15 is 0 Å². The molecular formula is C25H25FN8O2S. The number of anilines is 1. The van der Waals surface area contributed by atoms with Crippen molar-refractivity contribution < 1.29 is 12.8 Å². The highest BCUT2D eigenvalue weighted by atomic mass is 32.2. The van der Waals surface area contributed by atoms with Gasteiger partial charge in [-0.2, -0.15) is 4.98 Å². The molecule has 0 bridgehead atoms. The molecule has 0 aliphatic carbocycles. The van der Waals surface area contributed by atoms with Crippen LogP contribution in [0.1, 0.15) is 41.4 Å². The minimum atomic E-state index is -3.94. The average molecular weight is 521 g/mol. The molecule has 0 saturated heterocycles. The first-order valence-electron chi connectivity index (χ1n) is 11.5. The molecule has 0 saturated carbocycles. The Hall–Kier alpha value is -4.19. The SMILES string of the molecule is Cc1ccc(S(=O)(=O)n2c(C)cc3c(Cc4cn(C)cn4)nc(N[C@@H](C)c4ncc(F)cn4)nc32)cc1. The molecule has 0 unspecified atom stereocenters. The number of aryl methyl sites for hydroxylation is 3. The van der Waals surface area contributed by atoms with Crippen molar-refractivity contribution in [2.45, 2.75) is 38.1 Å². The second kappa shape index (κ2) is 9.36. The number of nitrogens with one attached hydrogen (secondary N) is 1. The van der Waals surface area contributed by atoms with Crippen LogP contribution in [0.2, 0.25) is 0 Å². The molecule has 0 fully saturated rings. The Morgan fingerprint density at radius 3 is 2.41 bits per heavy atom. The van der Waals surface area contributed by atoms with Crippen molar-refractivity contribution in [2.75, 3.05) is 5.32 Å². The van der Waals surface area contributed by atoms with Crippen molar-refractivity contribution >= 4 is 27.0 Å². The smallest absolute Gasteiger partial charge is 0.269 e. The van der Waals surface area contributed by atoms with Gasteiger partial charge in [-0.05, 0) is 39.0 Å². The molecule has 5 aromatic rings. The van der Waals surface area contributed by atoms with Gasteiger partial charge in [0.05, 0.1) is 41.0 Å². The zero-order valence-electron chi connectivity index (χ0n) is 20.7. The fraction of sp³-hybridized carbons (Fsp3) is 0.240. The Morgan fingerprint density at radius 1 is 1.05 bits per heavy atom. The maximum absolute atomic E-state index is 13.7. The Kier molecular flexibility index (Phi) is 6.20. The third-order valence-electron chi connectivity index (χ3n) is 5.91. The highest BCUT2D eigenvalue weighted by molar-refractivity contribution is 7.90. The summed E-state index contributed by atoms with van der Waals surface area (Å²) in [5.41, 5.74) is 3.08. The number of rotatable bonds is 7. The molecule has 190 valence electrons. The fourth-order valence-corrected chi connectivity index (χ4v) is 5.58. The standard InChI is InChI=1S/C25H25FN8O2S/c1-15-5-7-20(8-6-15)37(35,36)34-16(2)9-21-22(10-19-13-33(4)14-29-19)31-25(32-24(21)34)30-17(3)23-27-11-18(26)12-28-23/h5-9,11-14,17H,10H2,1-4H3,(H,30,31,32)/t17-/m0/s1. The molecule has 1 aromatic carbocycles. The van der Waals surface area contributed by atoms with Gasteiger partial charge in [0.15, 0.2) is 11.5 Å². The number of fused-ring (bicyclic) bond motifs is 1. The molecular weight excluding hydrogens is 495 g/mol. The van der Waals surface area contributed by atoms with Gasteiger partial charge < -0.3 is 9.88 Å². The number of aromatic nitrogens is 7. The minimum absolute atomic E-state index is 0.158. The second-order valence-corrected chi connectivity index (χ2v) is 10.7. The lowest BCUT2D eigenvalue weighted by atomic mass is 10.2. The summed E-state index contributed by atoms with van der Waals surface area (Å²) in [6.07, 6.45) is 6.10. The van der Waals surface area contributed by atoms with Crippen LogP contribution in [0.3, 0.4) is 0 Å². The van der Waals surface area contributed by atoms with Gasteiger partial charge in [-0.3, -0.25) is 0 Å². The number of hydrogen-bond acceptors (Lipinski definition) is 8. The molecule has 12 heteroatoms. The van der Waals surface area contributed by atoms with E-state index in [1.54, 1.807) is 50.5 Å². The number of benzene rings is 1. The van der Waals surface area contributed by atoms with E-state index in [1.165, 1.54) is 3.97 Å². The van der Waals surface area contributed by atoms with Crippen LogP contribution in [0.4, 0.5) is 10.3 Å². The molecule has 0 aliphatic rings. The lowest BCUT2D eigenvalue weighted by Crippen LogP contribution is -2.17. The summed E-state index contributed by atoms with van der Waals surface area (Å²) in [5.74, 6) is -0.00610. The first-order chi connectivity index (χ1) is 17.6. The molecule has 1 atom stereocenters. The Labute approximate surface area is 213 Å². The minimum Gasteiger partial charge on any atom is -0.344 e. The lowest BCUT2D eigenvalue weighted by Gasteiger charge is -2.15. The monoisotopic (exact) mass is 520 g/mol. The van der Waals surface area contributed by atoms with E-state index in [9.17, 15) is 12.8 Å². The Morgan fingerprint density at radius 2 is 1.76 bits per heavy atom. The highest BCUT2D eigenvalue weighted by Gasteiger charge is 2.25.